The SMILES string of the molecule is NC(=S)c1cccc(CN(Cc2ccco2)C2CC2)c1F. The average molecular weight is 304 g/mol. The Morgan fingerprint density at radius 1 is 1.29 bits per heavy atom. The highest BCUT2D eigenvalue weighted by atomic mass is 32.1. The first-order valence-corrected chi connectivity index (χ1v) is 7.39. The van der Waals surface area contributed by atoms with Gasteiger partial charge >= 0.3 is 0 Å². The topological polar surface area (TPSA) is 42.4 Å². The minimum absolute atomic E-state index is 0.0957. The van der Waals surface area contributed by atoms with E-state index in [1.807, 2.05) is 12.1 Å². The monoisotopic (exact) mass is 304 g/mol. The number of hydrogen-bond acceptors (Lipinski definition) is 3. The summed E-state index contributed by atoms with van der Waals surface area (Å²) in [6.45, 7) is 1.22. The van der Waals surface area contributed by atoms with Crippen molar-refractivity contribution in [2.24, 2.45) is 5.73 Å². The van der Waals surface area contributed by atoms with E-state index in [4.69, 9.17) is 22.4 Å². The number of halogens is 1. The molecule has 0 atom stereocenters. The maximum absolute atomic E-state index is 14.4. The summed E-state index contributed by atoms with van der Waals surface area (Å²) < 4.78 is 19.8. The van der Waals surface area contributed by atoms with Crippen molar-refractivity contribution >= 4 is 17.2 Å². The van der Waals surface area contributed by atoms with Crippen LogP contribution in [-0.2, 0) is 13.1 Å². The summed E-state index contributed by atoms with van der Waals surface area (Å²) in [6, 6.07) is 9.52. The zero-order chi connectivity index (χ0) is 14.8. The van der Waals surface area contributed by atoms with Crippen molar-refractivity contribution in [2.45, 2.75) is 32.0 Å². The van der Waals surface area contributed by atoms with Crippen molar-refractivity contribution in [3.63, 3.8) is 0 Å². The maximum atomic E-state index is 14.4. The fraction of sp³-hybridized carbons (Fsp3) is 0.312. The Balaban J connectivity index is 1.80. The van der Waals surface area contributed by atoms with Gasteiger partial charge in [-0.3, -0.25) is 4.90 Å². The summed E-state index contributed by atoms with van der Waals surface area (Å²) in [6.07, 6.45) is 3.96. The van der Waals surface area contributed by atoms with Crippen LogP contribution in [0.25, 0.3) is 0 Å². The molecule has 2 N–H and O–H groups in total. The Kier molecular flexibility index (Phi) is 4.03. The molecule has 1 aromatic heterocycles. The molecule has 0 aliphatic heterocycles. The first kappa shape index (κ1) is 14.2. The molecule has 0 bridgehead atoms. The van der Waals surface area contributed by atoms with Crippen LogP contribution in [0.3, 0.4) is 0 Å². The zero-order valence-corrected chi connectivity index (χ0v) is 12.4. The number of benzene rings is 1. The van der Waals surface area contributed by atoms with Crippen LogP contribution < -0.4 is 5.73 Å². The standard InChI is InChI=1S/C16H17FN2OS/c17-15-11(3-1-5-14(15)16(18)21)9-19(12-6-7-12)10-13-4-2-8-20-13/h1-5,8,12H,6-7,9-10H2,(H2,18,21). The van der Waals surface area contributed by atoms with Gasteiger partial charge in [0, 0.05) is 23.7 Å². The van der Waals surface area contributed by atoms with E-state index in [1.165, 1.54) is 0 Å². The van der Waals surface area contributed by atoms with Gasteiger partial charge in [0.25, 0.3) is 0 Å². The predicted octanol–water partition coefficient (Wildman–Crippen LogP) is 3.22. The molecule has 1 aromatic carbocycles. The van der Waals surface area contributed by atoms with E-state index in [2.05, 4.69) is 4.90 Å². The van der Waals surface area contributed by atoms with Crippen LogP contribution in [0.4, 0.5) is 4.39 Å². The van der Waals surface area contributed by atoms with E-state index < -0.39 is 0 Å². The lowest BCUT2D eigenvalue weighted by molar-refractivity contribution is 0.222. The molecule has 5 heteroatoms. The van der Waals surface area contributed by atoms with Crippen molar-refractivity contribution in [3.8, 4) is 0 Å². The molecule has 3 rings (SSSR count). The van der Waals surface area contributed by atoms with E-state index in [0.29, 0.717) is 30.3 Å². The van der Waals surface area contributed by atoms with Gasteiger partial charge in [-0.2, -0.15) is 0 Å². The molecule has 0 unspecified atom stereocenters. The number of thiocarbonyl (C=S) groups is 1. The van der Waals surface area contributed by atoms with Crippen molar-refractivity contribution < 1.29 is 8.81 Å². The number of rotatable bonds is 6. The third kappa shape index (κ3) is 3.31. The van der Waals surface area contributed by atoms with Gasteiger partial charge in [0.1, 0.15) is 16.6 Å². The summed E-state index contributed by atoms with van der Waals surface area (Å²) in [5.41, 5.74) is 6.50. The highest BCUT2D eigenvalue weighted by Crippen LogP contribution is 2.30. The Hall–Kier alpha value is -1.72. The van der Waals surface area contributed by atoms with Crippen molar-refractivity contribution in [1.82, 2.24) is 4.90 Å². The number of nitrogens with zero attached hydrogens (tertiary/aromatic N) is 1. The normalized spacial score (nSPS) is 14.6. The van der Waals surface area contributed by atoms with Crippen molar-refractivity contribution in [2.75, 3.05) is 0 Å². The number of hydrogen-bond donors (Lipinski definition) is 1. The molecule has 0 saturated heterocycles. The molecule has 0 amide bonds. The maximum Gasteiger partial charge on any atom is 0.137 e. The lowest BCUT2D eigenvalue weighted by atomic mass is 10.1. The van der Waals surface area contributed by atoms with E-state index in [1.54, 1.807) is 24.5 Å². The number of furan rings is 1. The summed E-state index contributed by atoms with van der Waals surface area (Å²) in [5, 5.41) is 0. The third-order valence-electron chi connectivity index (χ3n) is 3.72. The molecule has 110 valence electrons. The van der Waals surface area contributed by atoms with Crippen LogP contribution in [-0.4, -0.2) is 15.9 Å². The second-order valence-electron chi connectivity index (χ2n) is 5.36. The summed E-state index contributed by atoms with van der Waals surface area (Å²) in [4.78, 5) is 2.33. The highest BCUT2D eigenvalue weighted by Gasteiger charge is 2.30. The summed E-state index contributed by atoms with van der Waals surface area (Å²) in [5.74, 6) is 0.586. The average Bonchev–Trinajstić information content (AvgIpc) is 3.18. The van der Waals surface area contributed by atoms with Gasteiger partial charge in [0.15, 0.2) is 0 Å². The van der Waals surface area contributed by atoms with Gasteiger partial charge in [-0.05, 0) is 31.0 Å². The molecule has 3 nitrogen and oxygen atoms in total. The molecule has 1 aliphatic carbocycles. The fourth-order valence-electron chi connectivity index (χ4n) is 2.47. The lowest BCUT2D eigenvalue weighted by Crippen LogP contribution is -2.26. The third-order valence-corrected chi connectivity index (χ3v) is 3.94. The van der Waals surface area contributed by atoms with Gasteiger partial charge in [-0.1, -0.05) is 24.4 Å². The van der Waals surface area contributed by atoms with Crippen LogP contribution >= 0.6 is 12.2 Å². The Bertz CT molecular complexity index is 638. The van der Waals surface area contributed by atoms with Gasteiger partial charge in [-0.15, -0.1) is 0 Å². The molecule has 0 spiro atoms. The first-order chi connectivity index (χ1) is 10.1. The van der Waals surface area contributed by atoms with Gasteiger partial charge in [0.2, 0.25) is 0 Å². The van der Waals surface area contributed by atoms with Gasteiger partial charge < -0.3 is 10.2 Å². The first-order valence-electron chi connectivity index (χ1n) is 6.99. The smallest absolute Gasteiger partial charge is 0.137 e. The molecular weight excluding hydrogens is 287 g/mol. The van der Waals surface area contributed by atoms with E-state index in [9.17, 15) is 4.39 Å². The number of nitrogens with two attached hydrogens (primary N) is 1. The molecule has 1 saturated carbocycles. The Morgan fingerprint density at radius 2 is 2.10 bits per heavy atom. The highest BCUT2D eigenvalue weighted by molar-refractivity contribution is 7.80. The lowest BCUT2D eigenvalue weighted by Gasteiger charge is -2.21. The van der Waals surface area contributed by atoms with Crippen molar-refractivity contribution in [3.05, 3.63) is 59.3 Å². The van der Waals surface area contributed by atoms with Gasteiger partial charge in [0.05, 0.1) is 12.8 Å². The molecular formula is C16H17FN2OS. The molecule has 21 heavy (non-hydrogen) atoms. The minimum atomic E-state index is -0.310. The van der Waals surface area contributed by atoms with Crippen LogP contribution in [0.15, 0.2) is 41.0 Å². The zero-order valence-electron chi connectivity index (χ0n) is 11.6. The molecule has 1 fully saturated rings. The molecule has 0 radical (unpaired) electrons. The molecule has 1 aliphatic rings. The largest absolute Gasteiger partial charge is 0.468 e. The van der Waals surface area contributed by atoms with Crippen LogP contribution in [0.5, 0.6) is 0 Å². The van der Waals surface area contributed by atoms with E-state index in [0.717, 1.165) is 18.6 Å². The predicted molar refractivity (Wildman–Crippen MR) is 83.3 cm³/mol. The van der Waals surface area contributed by atoms with E-state index in [-0.39, 0.29) is 10.8 Å². The molecule has 2 aromatic rings. The fourth-order valence-corrected chi connectivity index (χ4v) is 2.63. The second-order valence-corrected chi connectivity index (χ2v) is 5.80. The van der Waals surface area contributed by atoms with E-state index >= 15 is 0 Å². The minimum Gasteiger partial charge on any atom is -0.468 e. The summed E-state index contributed by atoms with van der Waals surface area (Å²) >= 11 is 4.89. The Labute approximate surface area is 128 Å². The van der Waals surface area contributed by atoms with Crippen molar-refractivity contribution in [1.29, 1.82) is 0 Å². The van der Waals surface area contributed by atoms with Crippen LogP contribution in [0.1, 0.15) is 29.7 Å². The Morgan fingerprint density at radius 3 is 2.71 bits per heavy atom. The molecule has 1 heterocycles. The van der Waals surface area contributed by atoms with Crippen LogP contribution in [0.2, 0.25) is 0 Å². The van der Waals surface area contributed by atoms with Crippen LogP contribution in [0, 0.1) is 5.82 Å². The van der Waals surface area contributed by atoms with Gasteiger partial charge in [-0.25, -0.2) is 4.39 Å². The second kappa shape index (κ2) is 5.95. The summed E-state index contributed by atoms with van der Waals surface area (Å²) in [7, 11) is 0. The quantitative estimate of drug-likeness (QED) is 0.832.